The van der Waals surface area contributed by atoms with Gasteiger partial charge in [-0.25, -0.2) is 9.37 Å². The predicted octanol–water partition coefficient (Wildman–Crippen LogP) is 2.51. The van der Waals surface area contributed by atoms with Crippen LogP contribution in [-0.2, 0) is 4.74 Å². The first-order chi connectivity index (χ1) is 11.1. The number of aromatic nitrogens is 1. The first kappa shape index (κ1) is 16.7. The Morgan fingerprint density at radius 1 is 1.22 bits per heavy atom. The molecule has 0 spiro atoms. The average Bonchev–Trinajstić information content (AvgIpc) is 2.56. The van der Waals surface area contributed by atoms with Gasteiger partial charge in [0.2, 0.25) is 5.88 Å². The minimum absolute atomic E-state index is 0.0776. The number of nitrogens with zero attached hydrogens (tertiary/aromatic N) is 1. The molecule has 1 N–H and O–H groups in total. The van der Waals surface area contributed by atoms with E-state index in [1.807, 2.05) is 0 Å². The summed E-state index contributed by atoms with van der Waals surface area (Å²) in [5.74, 6) is -0.469. The molecule has 7 heteroatoms. The predicted molar refractivity (Wildman–Crippen MR) is 82.5 cm³/mol. The molecule has 122 valence electrons. The van der Waals surface area contributed by atoms with Crippen LogP contribution in [0.3, 0.4) is 0 Å². The molecular formula is C16H17FN2O4. The highest BCUT2D eigenvalue weighted by Crippen LogP contribution is 2.18. The van der Waals surface area contributed by atoms with E-state index in [9.17, 15) is 9.18 Å². The van der Waals surface area contributed by atoms with Crippen molar-refractivity contribution in [3.05, 3.63) is 47.9 Å². The normalized spacial score (nSPS) is 10.2. The molecule has 0 atom stereocenters. The monoisotopic (exact) mass is 320 g/mol. The minimum Gasteiger partial charge on any atom is -0.497 e. The maximum atomic E-state index is 13.8. The molecule has 0 fully saturated rings. The van der Waals surface area contributed by atoms with E-state index >= 15 is 0 Å². The third kappa shape index (κ3) is 4.65. The Balaban J connectivity index is 2.00. The van der Waals surface area contributed by atoms with Gasteiger partial charge in [0, 0.05) is 19.2 Å². The fourth-order valence-electron chi connectivity index (χ4n) is 1.77. The summed E-state index contributed by atoms with van der Waals surface area (Å²) in [7, 11) is 3.00. The van der Waals surface area contributed by atoms with Crippen molar-refractivity contribution in [2.24, 2.45) is 0 Å². The summed E-state index contributed by atoms with van der Waals surface area (Å²) in [5.41, 5.74) is 0.357. The van der Waals surface area contributed by atoms with Gasteiger partial charge in [0.15, 0.2) is 0 Å². The van der Waals surface area contributed by atoms with Crippen LogP contribution in [0, 0.1) is 5.82 Å². The molecule has 0 radical (unpaired) electrons. The van der Waals surface area contributed by atoms with E-state index in [-0.39, 0.29) is 5.56 Å². The number of halogens is 1. The van der Waals surface area contributed by atoms with Crippen molar-refractivity contribution in [3.63, 3.8) is 0 Å². The minimum atomic E-state index is -0.658. The van der Waals surface area contributed by atoms with Gasteiger partial charge in [-0.3, -0.25) is 4.79 Å². The quantitative estimate of drug-likeness (QED) is 0.794. The van der Waals surface area contributed by atoms with E-state index in [2.05, 4.69) is 10.3 Å². The van der Waals surface area contributed by atoms with Gasteiger partial charge < -0.3 is 19.5 Å². The molecule has 0 aliphatic heterocycles. The van der Waals surface area contributed by atoms with Crippen LogP contribution < -0.4 is 14.8 Å². The molecule has 0 unspecified atom stereocenters. The number of amides is 1. The topological polar surface area (TPSA) is 69.7 Å². The first-order valence-corrected chi connectivity index (χ1v) is 6.86. The number of benzene rings is 1. The van der Waals surface area contributed by atoms with Gasteiger partial charge in [-0.05, 0) is 18.2 Å². The molecule has 0 aliphatic carbocycles. The molecule has 2 rings (SSSR count). The maximum absolute atomic E-state index is 13.8. The number of ether oxygens (including phenoxy) is 3. The highest BCUT2D eigenvalue weighted by atomic mass is 19.1. The number of hydrogen-bond acceptors (Lipinski definition) is 5. The van der Waals surface area contributed by atoms with Gasteiger partial charge in [-0.15, -0.1) is 0 Å². The fourth-order valence-corrected chi connectivity index (χ4v) is 1.77. The summed E-state index contributed by atoms with van der Waals surface area (Å²) in [5, 5.41) is 2.57. The number of carbonyl (C=O) groups is 1. The van der Waals surface area contributed by atoms with Crippen LogP contribution in [0.5, 0.6) is 11.6 Å². The van der Waals surface area contributed by atoms with Gasteiger partial charge >= 0.3 is 0 Å². The smallest absolute Gasteiger partial charge is 0.258 e. The molecule has 0 aliphatic rings. The number of methoxy groups -OCH3 is 2. The van der Waals surface area contributed by atoms with Gasteiger partial charge in [0.1, 0.15) is 18.2 Å². The second kappa shape index (κ2) is 8.09. The van der Waals surface area contributed by atoms with Crippen LogP contribution in [-0.4, -0.2) is 38.3 Å². The molecule has 23 heavy (non-hydrogen) atoms. The summed E-state index contributed by atoms with van der Waals surface area (Å²) in [4.78, 5) is 16.1. The number of rotatable bonds is 7. The van der Waals surface area contributed by atoms with Gasteiger partial charge in [-0.1, -0.05) is 0 Å². The largest absolute Gasteiger partial charge is 0.497 e. The van der Waals surface area contributed by atoms with Crippen LogP contribution in [0.15, 0.2) is 36.5 Å². The van der Waals surface area contributed by atoms with Crippen LogP contribution in [0.4, 0.5) is 10.1 Å². The summed E-state index contributed by atoms with van der Waals surface area (Å²) < 4.78 is 28.9. The molecule has 1 amide bonds. The number of anilines is 1. The zero-order valence-corrected chi connectivity index (χ0v) is 12.8. The van der Waals surface area contributed by atoms with E-state index < -0.39 is 11.7 Å². The number of pyridine rings is 1. The van der Waals surface area contributed by atoms with E-state index in [1.54, 1.807) is 19.2 Å². The second-order valence-corrected chi connectivity index (χ2v) is 4.53. The molecule has 6 nitrogen and oxygen atoms in total. The Labute approximate surface area is 133 Å². The lowest BCUT2D eigenvalue weighted by atomic mass is 10.2. The Kier molecular flexibility index (Phi) is 5.87. The lowest BCUT2D eigenvalue weighted by Crippen LogP contribution is -2.14. The number of hydrogen-bond donors (Lipinski definition) is 1. The van der Waals surface area contributed by atoms with E-state index in [1.165, 1.54) is 25.4 Å². The molecule has 1 aromatic heterocycles. The second-order valence-electron chi connectivity index (χ2n) is 4.53. The molecule has 0 bridgehead atoms. The van der Waals surface area contributed by atoms with Crippen molar-refractivity contribution in [1.82, 2.24) is 4.98 Å². The van der Waals surface area contributed by atoms with Crippen LogP contribution in [0.25, 0.3) is 0 Å². The Morgan fingerprint density at radius 3 is 2.65 bits per heavy atom. The fraction of sp³-hybridized carbons (Fsp3) is 0.250. The Bertz CT molecular complexity index is 662. The van der Waals surface area contributed by atoms with Crippen molar-refractivity contribution >= 4 is 11.6 Å². The number of carbonyl (C=O) groups excluding carboxylic acids is 1. The van der Waals surface area contributed by atoms with Crippen molar-refractivity contribution in [1.29, 1.82) is 0 Å². The molecule has 1 heterocycles. The van der Waals surface area contributed by atoms with Crippen LogP contribution in [0.2, 0.25) is 0 Å². The summed E-state index contributed by atoms with van der Waals surface area (Å²) in [6.45, 7) is 0.836. The molecule has 0 saturated heterocycles. The van der Waals surface area contributed by atoms with Gasteiger partial charge in [0.05, 0.1) is 31.2 Å². The van der Waals surface area contributed by atoms with Crippen LogP contribution in [0.1, 0.15) is 10.4 Å². The first-order valence-electron chi connectivity index (χ1n) is 6.86. The zero-order chi connectivity index (χ0) is 16.7. The van der Waals surface area contributed by atoms with Crippen molar-refractivity contribution in [3.8, 4) is 11.6 Å². The third-order valence-electron chi connectivity index (χ3n) is 2.95. The van der Waals surface area contributed by atoms with Crippen molar-refractivity contribution in [2.75, 3.05) is 32.8 Å². The molecule has 0 saturated carbocycles. The van der Waals surface area contributed by atoms with Gasteiger partial charge in [0.25, 0.3) is 5.91 Å². The summed E-state index contributed by atoms with van der Waals surface area (Å²) >= 11 is 0. The molecular weight excluding hydrogens is 303 g/mol. The third-order valence-corrected chi connectivity index (χ3v) is 2.95. The maximum Gasteiger partial charge on any atom is 0.258 e. The molecule has 1 aromatic carbocycles. The van der Waals surface area contributed by atoms with Crippen molar-refractivity contribution in [2.45, 2.75) is 0 Å². The van der Waals surface area contributed by atoms with E-state index in [0.717, 1.165) is 6.07 Å². The average molecular weight is 320 g/mol. The van der Waals surface area contributed by atoms with Crippen LogP contribution >= 0.6 is 0 Å². The highest BCUT2D eigenvalue weighted by Gasteiger charge is 2.13. The standard InChI is InChI=1S/C16H17FN2O4/c1-21-7-8-23-15-6-3-11(10-18-15)19-16(20)13-5-4-12(22-2)9-14(13)17/h3-6,9-10H,7-8H2,1-2H3,(H,19,20). The Hall–Kier alpha value is -2.67. The summed E-state index contributed by atoms with van der Waals surface area (Å²) in [6.07, 6.45) is 1.43. The van der Waals surface area contributed by atoms with E-state index in [4.69, 9.17) is 14.2 Å². The van der Waals surface area contributed by atoms with Gasteiger partial charge in [-0.2, -0.15) is 0 Å². The van der Waals surface area contributed by atoms with E-state index in [0.29, 0.717) is 30.5 Å². The highest BCUT2D eigenvalue weighted by molar-refractivity contribution is 6.04. The summed E-state index contributed by atoms with van der Waals surface area (Å²) in [6, 6.07) is 7.26. The number of nitrogens with one attached hydrogen (secondary N) is 1. The Morgan fingerprint density at radius 2 is 2.04 bits per heavy atom. The zero-order valence-electron chi connectivity index (χ0n) is 12.8. The lowest BCUT2D eigenvalue weighted by Gasteiger charge is -2.08. The lowest BCUT2D eigenvalue weighted by molar-refractivity contribution is 0.102. The molecule has 2 aromatic rings. The SMILES string of the molecule is COCCOc1ccc(NC(=O)c2ccc(OC)cc2F)cn1. The van der Waals surface area contributed by atoms with Crippen molar-refractivity contribution < 1.29 is 23.4 Å².